The first kappa shape index (κ1) is 20.5. The van der Waals surface area contributed by atoms with Crippen LogP contribution in [-0.4, -0.2) is 22.0 Å². The van der Waals surface area contributed by atoms with Gasteiger partial charge in [-0.1, -0.05) is 0 Å². The third kappa shape index (κ3) is 3.99. The lowest BCUT2D eigenvalue weighted by molar-refractivity contribution is -0.384. The number of non-ortho nitro benzene ring substituents is 1. The number of hydrogen-bond donors (Lipinski definition) is 1. The van der Waals surface area contributed by atoms with E-state index < -0.39 is 4.92 Å². The SMILES string of the molecule is COc1cc(-c2nc3sc(C)c(C)c3c(=O)[nH]2)ccc1OCc1ccc([N+](=O)[O-])cc1. The van der Waals surface area contributed by atoms with Crippen LogP contribution in [0.4, 0.5) is 5.69 Å². The minimum absolute atomic E-state index is 0.0280. The zero-order valence-electron chi connectivity index (χ0n) is 17.1. The fourth-order valence-electron chi connectivity index (χ4n) is 3.20. The molecule has 0 fully saturated rings. The highest BCUT2D eigenvalue weighted by molar-refractivity contribution is 7.18. The smallest absolute Gasteiger partial charge is 0.269 e. The molecule has 2 heterocycles. The topological polar surface area (TPSA) is 107 Å². The lowest BCUT2D eigenvalue weighted by atomic mass is 10.1. The Morgan fingerprint density at radius 1 is 1.13 bits per heavy atom. The molecule has 31 heavy (non-hydrogen) atoms. The van der Waals surface area contributed by atoms with Crippen molar-refractivity contribution in [3.8, 4) is 22.9 Å². The number of methoxy groups -OCH3 is 1. The van der Waals surface area contributed by atoms with E-state index in [0.29, 0.717) is 33.1 Å². The summed E-state index contributed by atoms with van der Waals surface area (Å²) in [5.74, 6) is 1.45. The van der Waals surface area contributed by atoms with Crippen LogP contribution in [0.5, 0.6) is 11.5 Å². The van der Waals surface area contributed by atoms with E-state index in [1.807, 2.05) is 13.8 Å². The minimum atomic E-state index is -0.444. The van der Waals surface area contributed by atoms with Gasteiger partial charge in [0.2, 0.25) is 0 Å². The molecule has 0 spiro atoms. The van der Waals surface area contributed by atoms with Gasteiger partial charge in [0.1, 0.15) is 17.3 Å². The average molecular weight is 437 g/mol. The molecular weight excluding hydrogens is 418 g/mol. The summed E-state index contributed by atoms with van der Waals surface area (Å²) in [5.41, 5.74) is 2.30. The second kappa shape index (κ2) is 8.19. The van der Waals surface area contributed by atoms with Gasteiger partial charge in [-0.15, -0.1) is 11.3 Å². The van der Waals surface area contributed by atoms with Crippen molar-refractivity contribution in [1.29, 1.82) is 0 Å². The summed E-state index contributed by atoms with van der Waals surface area (Å²) in [6, 6.07) is 11.5. The zero-order valence-corrected chi connectivity index (χ0v) is 17.9. The molecule has 0 amide bonds. The van der Waals surface area contributed by atoms with E-state index >= 15 is 0 Å². The number of benzene rings is 2. The number of hydrogen-bond acceptors (Lipinski definition) is 7. The number of ether oxygens (including phenoxy) is 2. The molecule has 0 atom stereocenters. The van der Waals surface area contributed by atoms with Gasteiger partial charge >= 0.3 is 0 Å². The van der Waals surface area contributed by atoms with Crippen LogP contribution in [0.3, 0.4) is 0 Å². The highest BCUT2D eigenvalue weighted by Gasteiger charge is 2.14. The van der Waals surface area contributed by atoms with Gasteiger partial charge in [-0.25, -0.2) is 4.98 Å². The molecule has 2 aromatic carbocycles. The fourth-order valence-corrected chi connectivity index (χ4v) is 4.23. The van der Waals surface area contributed by atoms with Crippen LogP contribution in [0, 0.1) is 24.0 Å². The van der Waals surface area contributed by atoms with E-state index in [-0.39, 0.29) is 17.9 Å². The van der Waals surface area contributed by atoms with Gasteiger partial charge in [0.25, 0.3) is 11.2 Å². The van der Waals surface area contributed by atoms with E-state index in [9.17, 15) is 14.9 Å². The van der Waals surface area contributed by atoms with Gasteiger partial charge < -0.3 is 14.5 Å². The van der Waals surface area contributed by atoms with Crippen molar-refractivity contribution in [1.82, 2.24) is 9.97 Å². The number of nitro benzene ring substituents is 1. The Kier molecular flexibility index (Phi) is 5.43. The first-order chi connectivity index (χ1) is 14.9. The highest BCUT2D eigenvalue weighted by Crippen LogP contribution is 2.33. The Balaban J connectivity index is 1.60. The predicted octanol–water partition coefficient (Wildman–Crippen LogP) is 4.76. The number of nitrogens with zero attached hydrogens (tertiary/aromatic N) is 2. The van der Waals surface area contributed by atoms with Crippen molar-refractivity contribution in [2.45, 2.75) is 20.5 Å². The molecule has 1 N–H and O–H groups in total. The molecule has 0 aliphatic rings. The fraction of sp³-hybridized carbons (Fsp3) is 0.182. The number of fused-ring (bicyclic) bond motifs is 1. The van der Waals surface area contributed by atoms with Crippen LogP contribution in [0.2, 0.25) is 0 Å². The maximum absolute atomic E-state index is 12.6. The molecule has 0 aliphatic carbocycles. The number of H-pyrrole nitrogens is 1. The largest absolute Gasteiger partial charge is 0.493 e. The van der Waals surface area contributed by atoms with Crippen molar-refractivity contribution in [3.63, 3.8) is 0 Å². The van der Waals surface area contributed by atoms with Gasteiger partial charge in [0, 0.05) is 22.6 Å². The highest BCUT2D eigenvalue weighted by atomic mass is 32.1. The third-order valence-corrected chi connectivity index (χ3v) is 6.12. The molecule has 0 unspecified atom stereocenters. The van der Waals surface area contributed by atoms with Crippen LogP contribution in [0.1, 0.15) is 16.0 Å². The minimum Gasteiger partial charge on any atom is -0.493 e. The number of thiophene rings is 1. The third-order valence-electron chi connectivity index (χ3n) is 5.02. The maximum Gasteiger partial charge on any atom is 0.269 e. The second-order valence-electron chi connectivity index (χ2n) is 6.96. The van der Waals surface area contributed by atoms with E-state index in [1.54, 1.807) is 30.3 Å². The van der Waals surface area contributed by atoms with E-state index in [4.69, 9.17) is 9.47 Å². The molecule has 0 saturated heterocycles. The van der Waals surface area contributed by atoms with Crippen LogP contribution in [-0.2, 0) is 6.61 Å². The van der Waals surface area contributed by atoms with E-state index in [2.05, 4.69) is 9.97 Å². The molecule has 2 aromatic heterocycles. The molecule has 0 bridgehead atoms. The molecule has 0 radical (unpaired) electrons. The monoisotopic (exact) mass is 437 g/mol. The van der Waals surface area contributed by atoms with E-state index in [0.717, 1.165) is 16.0 Å². The Bertz CT molecular complexity index is 1340. The number of rotatable bonds is 6. The van der Waals surface area contributed by atoms with Crippen molar-refractivity contribution in [3.05, 3.63) is 78.9 Å². The summed E-state index contributed by atoms with van der Waals surface area (Å²) in [7, 11) is 1.53. The molecule has 8 nitrogen and oxygen atoms in total. The summed E-state index contributed by atoms with van der Waals surface area (Å²) < 4.78 is 11.3. The van der Waals surface area contributed by atoms with Crippen molar-refractivity contribution in [2.75, 3.05) is 7.11 Å². The average Bonchev–Trinajstić information content (AvgIpc) is 3.06. The molecule has 4 aromatic rings. The van der Waals surface area contributed by atoms with Crippen LogP contribution < -0.4 is 15.0 Å². The number of aromatic amines is 1. The van der Waals surface area contributed by atoms with Crippen LogP contribution in [0.25, 0.3) is 21.6 Å². The second-order valence-corrected chi connectivity index (χ2v) is 8.16. The van der Waals surface area contributed by atoms with Crippen LogP contribution in [0.15, 0.2) is 47.3 Å². The zero-order chi connectivity index (χ0) is 22.1. The molecule has 0 aliphatic heterocycles. The predicted molar refractivity (Wildman–Crippen MR) is 119 cm³/mol. The number of nitrogens with one attached hydrogen (secondary N) is 1. The summed E-state index contributed by atoms with van der Waals surface area (Å²) in [6.07, 6.45) is 0. The molecule has 158 valence electrons. The Hall–Kier alpha value is -3.72. The van der Waals surface area contributed by atoms with E-state index in [1.165, 1.54) is 30.6 Å². The summed E-state index contributed by atoms with van der Waals surface area (Å²) >= 11 is 1.49. The molecular formula is C22H19N3O5S. The maximum atomic E-state index is 12.6. The summed E-state index contributed by atoms with van der Waals surface area (Å²) in [4.78, 5) is 32.1. The Morgan fingerprint density at radius 3 is 2.55 bits per heavy atom. The number of aryl methyl sites for hydroxylation is 2. The lowest BCUT2D eigenvalue weighted by Crippen LogP contribution is -2.09. The van der Waals surface area contributed by atoms with Gasteiger partial charge in [0.05, 0.1) is 17.4 Å². The molecule has 9 heteroatoms. The summed E-state index contributed by atoms with van der Waals surface area (Å²) in [5, 5.41) is 11.4. The van der Waals surface area contributed by atoms with Gasteiger partial charge in [-0.2, -0.15) is 0 Å². The quantitative estimate of drug-likeness (QED) is 0.344. The van der Waals surface area contributed by atoms with Crippen molar-refractivity contribution in [2.24, 2.45) is 0 Å². The number of aromatic nitrogens is 2. The van der Waals surface area contributed by atoms with Crippen LogP contribution >= 0.6 is 11.3 Å². The van der Waals surface area contributed by atoms with Gasteiger partial charge in [-0.3, -0.25) is 14.9 Å². The van der Waals surface area contributed by atoms with Gasteiger partial charge in [0.15, 0.2) is 11.5 Å². The first-order valence-corrected chi connectivity index (χ1v) is 10.2. The first-order valence-electron chi connectivity index (χ1n) is 9.42. The van der Waals surface area contributed by atoms with Crippen molar-refractivity contribution < 1.29 is 14.4 Å². The normalized spacial score (nSPS) is 10.9. The molecule has 0 saturated carbocycles. The lowest BCUT2D eigenvalue weighted by Gasteiger charge is -2.12. The van der Waals surface area contributed by atoms with Gasteiger partial charge in [-0.05, 0) is 55.3 Å². The molecule has 4 rings (SSSR count). The standard InChI is InChI=1S/C22H19N3O5S/c1-12-13(2)31-22-19(12)21(26)23-20(24-22)15-6-9-17(18(10-15)29-3)30-11-14-4-7-16(8-5-14)25(27)28/h4-10H,11H2,1-3H3,(H,23,24,26). The Morgan fingerprint density at radius 2 is 1.87 bits per heavy atom. The summed E-state index contributed by atoms with van der Waals surface area (Å²) in [6.45, 7) is 4.12. The number of nitro groups is 1. The Labute approximate surface area is 181 Å². The van der Waals surface area contributed by atoms with Crippen molar-refractivity contribution >= 4 is 27.2 Å².